The van der Waals surface area contributed by atoms with Crippen molar-refractivity contribution in [1.82, 2.24) is 9.55 Å². The van der Waals surface area contributed by atoms with Crippen LogP contribution in [-0.2, 0) is 13.6 Å². The zero-order chi connectivity index (χ0) is 24.8. The summed E-state index contributed by atoms with van der Waals surface area (Å²) in [6.45, 7) is 26.0. The molecule has 1 fully saturated rings. The zero-order valence-electron chi connectivity index (χ0n) is 21.9. The van der Waals surface area contributed by atoms with Gasteiger partial charge in [0.2, 0.25) is 0 Å². The number of nitrogens with one attached hydrogen (secondary N) is 1. The molecule has 2 atom stereocenters. The van der Waals surface area contributed by atoms with Crippen molar-refractivity contribution < 1.29 is 13.6 Å². The molecule has 0 unspecified atom stereocenters. The maximum absolute atomic E-state index is 12.5. The third kappa shape index (κ3) is 5.55. The molecule has 0 saturated carbocycles. The van der Waals surface area contributed by atoms with Gasteiger partial charge in [0.15, 0.2) is 16.6 Å². The van der Waals surface area contributed by atoms with Crippen molar-refractivity contribution in [1.29, 1.82) is 0 Å². The SMILES string of the molecule is C[C@@H]1[C@H](n2ccc(=O)[nH]c2=O)OCC1(CO[Si](C)(C)C(C)(C)C)CO[Si](C)(C)C(C)(C)C. The van der Waals surface area contributed by atoms with Gasteiger partial charge >= 0.3 is 5.69 Å². The third-order valence-corrected chi connectivity index (χ3v) is 17.1. The Hall–Kier alpha value is -1.01. The molecule has 0 aliphatic carbocycles. The summed E-state index contributed by atoms with van der Waals surface area (Å²) in [4.78, 5) is 26.3. The highest BCUT2D eigenvalue weighted by Crippen LogP contribution is 2.47. The summed E-state index contributed by atoms with van der Waals surface area (Å²) in [5.74, 6) is -0.0411. The van der Waals surface area contributed by atoms with Gasteiger partial charge in [-0.2, -0.15) is 0 Å². The second-order valence-electron chi connectivity index (χ2n) is 12.5. The van der Waals surface area contributed by atoms with Crippen molar-refractivity contribution >= 4 is 16.6 Å². The van der Waals surface area contributed by atoms with E-state index in [1.54, 1.807) is 0 Å². The van der Waals surface area contributed by atoms with E-state index in [1.165, 1.54) is 16.8 Å². The first-order valence-electron chi connectivity index (χ1n) is 11.5. The van der Waals surface area contributed by atoms with E-state index in [2.05, 4.69) is 79.6 Å². The molecule has 1 saturated heterocycles. The van der Waals surface area contributed by atoms with Crippen LogP contribution >= 0.6 is 0 Å². The van der Waals surface area contributed by atoms with E-state index in [4.69, 9.17) is 13.6 Å². The predicted octanol–water partition coefficient (Wildman–Crippen LogP) is 4.73. The summed E-state index contributed by atoms with van der Waals surface area (Å²) >= 11 is 0. The fourth-order valence-electron chi connectivity index (χ4n) is 3.25. The first kappa shape index (κ1) is 27.2. The highest BCUT2D eigenvalue weighted by molar-refractivity contribution is 6.74. The average Bonchev–Trinajstić information content (AvgIpc) is 2.94. The lowest BCUT2D eigenvalue weighted by molar-refractivity contribution is 0.0261. The molecule has 1 N–H and O–H groups in total. The van der Waals surface area contributed by atoms with Crippen molar-refractivity contribution in [3.8, 4) is 0 Å². The molecule has 1 aliphatic heterocycles. The molecule has 0 radical (unpaired) electrons. The molecular formula is C23H44N2O5Si2. The highest BCUT2D eigenvalue weighted by atomic mass is 28.4. The third-order valence-electron chi connectivity index (χ3n) is 8.11. The Labute approximate surface area is 195 Å². The van der Waals surface area contributed by atoms with Gasteiger partial charge in [0.05, 0.1) is 6.61 Å². The molecular weight excluding hydrogens is 440 g/mol. The predicted molar refractivity (Wildman–Crippen MR) is 134 cm³/mol. The van der Waals surface area contributed by atoms with Gasteiger partial charge in [0.25, 0.3) is 5.56 Å². The van der Waals surface area contributed by atoms with Crippen molar-refractivity contribution in [3.63, 3.8) is 0 Å². The van der Waals surface area contributed by atoms with E-state index >= 15 is 0 Å². The van der Waals surface area contributed by atoms with Gasteiger partial charge in [-0.05, 0) is 36.3 Å². The lowest BCUT2D eigenvalue weighted by Gasteiger charge is -2.43. The molecule has 2 heterocycles. The number of rotatable bonds is 7. The first-order valence-corrected chi connectivity index (χ1v) is 17.4. The number of nitrogens with zero attached hydrogens (tertiary/aromatic N) is 1. The Morgan fingerprint density at radius 3 is 1.91 bits per heavy atom. The van der Waals surface area contributed by atoms with Crippen LogP contribution in [0.5, 0.6) is 0 Å². The van der Waals surface area contributed by atoms with Crippen molar-refractivity contribution in [2.75, 3.05) is 19.8 Å². The Morgan fingerprint density at radius 2 is 1.50 bits per heavy atom. The molecule has 32 heavy (non-hydrogen) atoms. The lowest BCUT2D eigenvalue weighted by Crippen LogP contribution is -2.50. The first-order chi connectivity index (χ1) is 14.3. The second kappa shape index (κ2) is 8.98. The summed E-state index contributed by atoms with van der Waals surface area (Å²) in [6.07, 6.45) is 1.03. The summed E-state index contributed by atoms with van der Waals surface area (Å²) in [6, 6.07) is 1.36. The maximum atomic E-state index is 12.5. The largest absolute Gasteiger partial charge is 0.416 e. The minimum absolute atomic E-state index is 0.0411. The van der Waals surface area contributed by atoms with Crippen LogP contribution in [0.1, 0.15) is 54.7 Å². The van der Waals surface area contributed by atoms with Crippen LogP contribution in [0.3, 0.4) is 0 Å². The Morgan fingerprint density at radius 1 is 1.03 bits per heavy atom. The molecule has 0 bridgehead atoms. The summed E-state index contributed by atoms with van der Waals surface area (Å²) in [5, 5.41) is 0.179. The summed E-state index contributed by atoms with van der Waals surface area (Å²) < 4.78 is 21.1. The van der Waals surface area contributed by atoms with E-state index in [0.717, 1.165) is 0 Å². The molecule has 0 spiro atoms. The van der Waals surface area contributed by atoms with Crippen LogP contribution in [0.15, 0.2) is 21.9 Å². The molecule has 184 valence electrons. The van der Waals surface area contributed by atoms with Gasteiger partial charge in [-0.25, -0.2) is 4.79 Å². The van der Waals surface area contributed by atoms with Gasteiger partial charge in [-0.15, -0.1) is 0 Å². The van der Waals surface area contributed by atoms with Crippen molar-refractivity contribution in [2.45, 2.75) is 91.0 Å². The minimum atomic E-state index is -2.00. The van der Waals surface area contributed by atoms with Crippen molar-refractivity contribution in [2.24, 2.45) is 11.3 Å². The fraction of sp³-hybridized carbons (Fsp3) is 0.826. The molecule has 0 aromatic carbocycles. The Kier molecular flexibility index (Phi) is 7.64. The number of aromatic amines is 1. The van der Waals surface area contributed by atoms with Crippen LogP contribution in [0.4, 0.5) is 0 Å². The molecule has 9 heteroatoms. The zero-order valence-corrected chi connectivity index (χ0v) is 23.9. The topological polar surface area (TPSA) is 82.6 Å². The van der Waals surface area contributed by atoms with E-state index in [1.807, 2.05) is 0 Å². The van der Waals surface area contributed by atoms with Crippen molar-refractivity contribution in [3.05, 3.63) is 33.1 Å². The standard InChI is InChI=1S/C23H44N2O5Si2/c1-17-19(25-13-12-18(26)24-20(25)27)28-14-23(17,15-29-31(8,9)21(2,3)4)16-30-32(10,11)22(5,6)7/h12-13,17,19H,14-16H2,1-11H3,(H,24,26,27)/t17-,19-/m1/s1. The highest BCUT2D eigenvalue weighted by Gasteiger charge is 2.52. The van der Waals surface area contributed by atoms with E-state index in [-0.39, 0.29) is 21.4 Å². The number of hydrogen-bond donors (Lipinski definition) is 1. The average molecular weight is 485 g/mol. The van der Waals surface area contributed by atoms with Crippen LogP contribution in [0, 0.1) is 11.3 Å². The quantitative estimate of drug-likeness (QED) is 0.566. The maximum Gasteiger partial charge on any atom is 0.330 e. The van der Waals surface area contributed by atoms with E-state index < -0.39 is 34.1 Å². The lowest BCUT2D eigenvalue weighted by atomic mass is 9.79. The smallest absolute Gasteiger partial charge is 0.330 e. The molecule has 1 aromatic heterocycles. The molecule has 7 nitrogen and oxygen atoms in total. The van der Waals surface area contributed by atoms with E-state index in [9.17, 15) is 9.59 Å². The van der Waals surface area contributed by atoms with Crippen LogP contribution in [0.25, 0.3) is 0 Å². The van der Waals surface area contributed by atoms with Gasteiger partial charge in [-0.1, -0.05) is 48.5 Å². The number of hydrogen-bond acceptors (Lipinski definition) is 5. The van der Waals surface area contributed by atoms with Gasteiger partial charge in [0.1, 0.15) is 6.23 Å². The molecule has 2 rings (SSSR count). The number of ether oxygens (including phenoxy) is 1. The monoisotopic (exact) mass is 484 g/mol. The van der Waals surface area contributed by atoms with Crippen LogP contribution in [-0.4, -0.2) is 46.0 Å². The van der Waals surface area contributed by atoms with Crippen LogP contribution in [0.2, 0.25) is 36.3 Å². The normalized spacial score (nSPS) is 22.3. The number of aromatic nitrogens is 2. The van der Waals surface area contributed by atoms with Crippen LogP contribution < -0.4 is 11.2 Å². The fourth-order valence-corrected chi connectivity index (χ4v) is 5.41. The molecule has 0 amide bonds. The number of H-pyrrole nitrogens is 1. The van der Waals surface area contributed by atoms with Gasteiger partial charge in [-0.3, -0.25) is 14.3 Å². The molecule has 1 aliphatic rings. The van der Waals surface area contributed by atoms with Gasteiger partial charge in [0, 0.05) is 36.8 Å². The Balaban J connectivity index is 2.38. The summed E-state index contributed by atoms with van der Waals surface area (Å²) in [5.41, 5.74) is -1.25. The minimum Gasteiger partial charge on any atom is -0.416 e. The summed E-state index contributed by atoms with van der Waals surface area (Å²) in [7, 11) is -3.99. The molecule has 1 aromatic rings. The second-order valence-corrected chi connectivity index (χ2v) is 22.1. The Bertz CT molecular complexity index is 878. The van der Waals surface area contributed by atoms with Gasteiger partial charge < -0.3 is 13.6 Å². The van der Waals surface area contributed by atoms with E-state index in [0.29, 0.717) is 19.8 Å².